The molecule has 112 valence electrons. The molecule has 0 spiro atoms. The van der Waals surface area contributed by atoms with Gasteiger partial charge in [0, 0.05) is 49.2 Å². The van der Waals surface area contributed by atoms with Crippen molar-refractivity contribution in [1.82, 2.24) is 19.9 Å². The third-order valence-corrected chi connectivity index (χ3v) is 4.21. The van der Waals surface area contributed by atoms with E-state index in [1.807, 2.05) is 24.8 Å². The first-order valence-corrected chi connectivity index (χ1v) is 8.35. The normalized spacial score (nSPS) is 11.0. The van der Waals surface area contributed by atoms with Crippen LogP contribution in [0.25, 0.3) is 0 Å². The number of nitrogens with zero attached hydrogens (tertiary/aromatic N) is 4. The van der Waals surface area contributed by atoms with Crippen molar-refractivity contribution in [3.63, 3.8) is 0 Å². The van der Waals surface area contributed by atoms with Crippen LogP contribution in [0.5, 0.6) is 0 Å². The van der Waals surface area contributed by atoms with E-state index in [2.05, 4.69) is 45.8 Å². The maximum atomic E-state index is 4.43. The summed E-state index contributed by atoms with van der Waals surface area (Å²) in [4.78, 5) is 15.3. The van der Waals surface area contributed by atoms with Gasteiger partial charge >= 0.3 is 0 Å². The van der Waals surface area contributed by atoms with E-state index in [-0.39, 0.29) is 0 Å². The van der Waals surface area contributed by atoms with Gasteiger partial charge in [0.05, 0.1) is 0 Å². The first-order chi connectivity index (χ1) is 10.3. The van der Waals surface area contributed by atoms with Gasteiger partial charge in [-0.05, 0) is 30.7 Å². The second-order valence-corrected chi connectivity index (χ2v) is 5.94. The standard InChI is InChI=1S/C16H22N4S/c1-3-9-21-16-18-10-15(11-19-16)13-20(4-2)12-14-5-7-17-8-6-14/h5-8,10-11H,3-4,9,12-13H2,1-2H3. The summed E-state index contributed by atoms with van der Waals surface area (Å²) < 4.78 is 0. The molecule has 0 atom stereocenters. The van der Waals surface area contributed by atoms with Crippen LogP contribution in [0.2, 0.25) is 0 Å². The van der Waals surface area contributed by atoms with Crippen molar-refractivity contribution >= 4 is 11.8 Å². The molecule has 0 aliphatic heterocycles. The lowest BCUT2D eigenvalue weighted by molar-refractivity contribution is 0.270. The van der Waals surface area contributed by atoms with Crippen LogP contribution in [0, 0.1) is 0 Å². The summed E-state index contributed by atoms with van der Waals surface area (Å²) >= 11 is 1.71. The summed E-state index contributed by atoms with van der Waals surface area (Å²) in [6, 6.07) is 4.12. The fraction of sp³-hybridized carbons (Fsp3) is 0.438. The third-order valence-electron chi connectivity index (χ3n) is 3.13. The van der Waals surface area contributed by atoms with Crippen LogP contribution in [0.4, 0.5) is 0 Å². The van der Waals surface area contributed by atoms with Crippen molar-refractivity contribution < 1.29 is 0 Å². The molecule has 2 heterocycles. The van der Waals surface area contributed by atoms with E-state index in [4.69, 9.17) is 0 Å². The number of hydrogen-bond donors (Lipinski definition) is 0. The molecule has 21 heavy (non-hydrogen) atoms. The second kappa shape index (κ2) is 8.74. The zero-order valence-electron chi connectivity index (χ0n) is 12.7. The van der Waals surface area contributed by atoms with E-state index >= 15 is 0 Å². The zero-order valence-corrected chi connectivity index (χ0v) is 13.5. The van der Waals surface area contributed by atoms with Crippen LogP contribution >= 0.6 is 11.8 Å². The fourth-order valence-electron chi connectivity index (χ4n) is 1.98. The molecule has 0 unspecified atom stereocenters. The second-order valence-electron chi connectivity index (χ2n) is 4.88. The molecule has 2 rings (SSSR count). The first kappa shape index (κ1) is 15.9. The molecular formula is C16H22N4S. The molecule has 0 fully saturated rings. The molecule has 0 saturated carbocycles. The quantitative estimate of drug-likeness (QED) is 0.552. The number of rotatable bonds is 8. The van der Waals surface area contributed by atoms with Gasteiger partial charge in [-0.15, -0.1) is 0 Å². The summed E-state index contributed by atoms with van der Waals surface area (Å²) in [5, 5.41) is 0.873. The Morgan fingerprint density at radius 2 is 1.67 bits per heavy atom. The van der Waals surface area contributed by atoms with Gasteiger partial charge in [-0.25, -0.2) is 9.97 Å². The Morgan fingerprint density at radius 1 is 1.00 bits per heavy atom. The van der Waals surface area contributed by atoms with Gasteiger partial charge in [-0.2, -0.15) is 0 Å². The van der Waals surface area contributed by atoms with Gasteiger partial charge < -0.3 is 0 Å². The number of hydrogen-bond acceptors (Lipinski definition) is 5. The Bertz CT molecular complexity index is 516. The van der Waals surface area contributed by atoms with Gasteiger partial charge in [0.1, 0.15) is 0 Å². The highest BCUT2D eigenvalue weighted by molar-refractivity contribution is 7.99. The molecule has 0 amide bonds. The minimum atomic E-state index is 0.873. The molecule has 0 N–H and O–H groups in total. The lowest BCUT2D eigenvalue weighted by Gasteiger charge is -2.20. The fourth-order valence-corrected chi connectivity index (χ4v) is 2.62. The maximum absolute atomic E-state index is 4.43. The Morgan fingerprint density at radius 3 is 2.29 bits per heavy atom. The smallest absolute Gasteiger partial charge is 0.187 e. The first-order valence-electron chi connectivity index (χ1n) is 7.36. The van der Waals surface area contributed by atoms with Gasteiger partial charge in [0.2, 0.25) is 0 Å². The Labute approximate surface area is 131 Å². The molecule has 0 aromatic carbocycles. The predicted molar refractivity (Wildman–Crippen MR) is 87.1 cm³/mol. The Kier molecular flexibility index (Phi) is 6.63. The van der Waals surface area contributed by atoms with Gasteiger partial charge in [-0.3, -0.25) is 9.88 Å². The number of pyridine rings is 1. The average molecular weight is 302 g/mol. The third kappa shape index (κ3) is 5.44. The minimum absolute atomic E-state index is 0.873. The Hall–Kier alpha value is -1.46. The highest BCUT2D eigenvalue weighted by atomic mass is 32.2. The van der Waals surface area contributed by atoms with E-state index in [0.717, 1.165) is 42.5 Å². The van der Waals surface area contributed by atoms with E-state index in [1.54, 1.807) is 11.8 Å². The molecule has 5 heteroatoms. The molecule has 0 aliphatic rings. The van der Waals surface area contributed by atoms with Crippen LogP contribution in [-0.2, 0) is 13.1 Å². The van der Waals surface area contributed by atoms with Gasteiger partial charge in [-0.1, -0.05) is 25.6 Å². The van der Waals surface area contributed by atoms with Crippen LogP contribution < -0.4 is 0 Å². The molecule has 2 aromatic heterocycles. The molecule has 0 aliphatic carbocycles. The van der Waals surface area contributed by atoms with Crippen LogP contribution in [0.15, 0.2) is 42.1 Å². The number of aromatic nitrogens is 3. The van der Waals surface area contributed by atoms with Crippen molar-refractivity contribution in [3.05, 3.63) is 48.0 Å². The summed E-state index contributed by atoms with van der Waals surface area (Å²) in [5.41, 5.74) is 2.44. The molecule has 0 radical (unpaired) electrons. The Balaban J connectivity index is 1.92. The van der Waals surface area contributed by atoms with E-state index < -0.39 is 0 Å². The van der Waals surface area contributed by atoms with Crippen molar-refractivity contribution in [2.45, 2.75) is 38.5 Å². The lowest BCUT2D eigenvalue weighted by Crippen LogP contribution is -2.22. The largest absolute Gasteiger partial charge is 0.295 e. The van der Waals surface area contributed by atoms with Crippen LogP contribution in [-0.4, -0.2) is 32.1 Å². The monoisotopic (exact) mass is 302 g/mol. The topological polar surface area (TPSA) is 41.9 Å². The highest BCUT2D eigenvalue weighted by Gasteiger charge is 2.06. The van der Waals surface area contributed by atoms with E-state index in [9.17, 15) is 0 Å². The summed E-state index contributed by atoms with van der Waals surface area (Å²) in [6.45, 7) is 7.13. The van der Waals surface area contributed by atoms with Gasteiger partial charge in [0.25, 0.3) is 0 Å². The van der Waals surface area contributed by atoms with Gasteiger partial charge in [0.15, 0.2) is 5.16 Å². The molecule has 4 nitrogen and oxygen atoms in total. The van der Waals surface area contributed by atoms with Crippen LogP contribution in [0.1, 0.15) is 31.4 Å². The van der Waals surface area contributed by atoms with Crippen molar-refractivity contribution in [2.24, 2.45) is 0 Å². The average Bonchev–Trinajstić information content (AvgIpc) is 2.54. The SMILES string of the molecule is CCCSc1ncc(CN(CC)Cc2ccncc2)cn1. The molecule has 2 aromatic rings. The molecule has 0 bridgehead atoms. The molecule has 0 saturated heterocycles. The van der Waals surface area contributed by atoms with Crippen molar-refractivity contribution in [2.75, 3.05) is 12.3 Å². The lowest BCUT2D eigenvalue weighted by atomic mass is 10.2. The van der Waals surface area contributed by atoms with Crippen molar-refractivity contribution in [1.29, 1.82) is 0 Å². The minimum Gasteiger partial charge on any atom is -0.295 e. The van der Waals surface area contributed by atoms with Crippen molar-refractivity contribution in [3.8, 4) is 0 Å². The highest BCUT2D eigenvalue weighted by Crippen LogP contribution is 2.14. The maximum Gasteiger partial charge on any atom is 0.187 e. The zero-order chi connectivity index (χ0) is 14.9. The molecular weight excluding hydrogens is 280 g/mol. The summed E-state index contributed by atoms with van der Waals surface area (Å²) in [7, 11) is 0. The van der Waals surface area contributed by atoms with E-state index in [0.29, 0.717) is 0 Å². The van der Waals surface area contributed by atoms with Crippen LogP contribution in [0.3, 0.4) is 0 Å². The number of thioether (sulfide) groups is 1. The van der Waals surface area contributed by atoms with E-state index in [1.165, 1.54) is 5.56 Å². The summed E-state index contributed by atoms with van der Waals surface area (Å²) in [5.74, 6) is 1.07. The summed E-state index contributed by atoms with van der Waals surface area (Å²) in [6.07, 6.45) is 8.71. The predicted octanol–water partition coefficient (Wildman–Crippen LogP) is 3.40.